The summed E-state index contributed by atoms with van der Waals surface area (Å²) >= 11 is 0. The molecule has 2 N–H and O–H groups in total. The van der Waals surface area contributed by atoms with Crippen LogP contribution < -0.4 is 5.32 Å². The lowest BCUT2D eigenvalue weighted by Gasteiger charge is -2.22. The second-order valence-corrected chi connectivity index (χ2v) is 4.95. The number of alkyl carbamates (subject to hydrolysis) is 1. The van der Waals surface area contributed by atoms with Crippen molar-refractivity contribution in [3.8, 4) is 0 Å². The largest absolute Gasteiger partial charge is 0.444 e. The Bertz CT molecular complexity index is 258. The van der Waals surface area contributed by atoms with Crippen molar-refractivity contribution in [3.63, 3.8) is 0 Å². The Labute approximate surface area is 110 Å². The fourth-order valence-electron chi connectivity index (χ4n) is 1.20. The van der Waals surface area contributed by atoms with Gasteiger partial charge < -0.3 is 15.2 Å². The van der Waals surface area contributed by atoms with E-state index in [2.05, 4.69) is 5.32 Å². The zero-order valence-corrected chi connectivity index (χ0v) is 11.1. The van der Waals surface area contributed by atoms with Crippen molar-refractivity contribution in [3.05, 3.63) is 0 Å². The molecule has 0 aliphatic rings. The third-order valence-corrected chi connectivity index (χ3v) is 2.04. The molecular formula is C13H27NO4. The third kappa shape index (κ3) is 8.98. The standard InChI is InChI=1S/C12H23NO4.CH4/c1-5-6-7-10(15)9(8-14)13-11(16)17-12(2,3)4;/h9,14H,5-8H2,1-4H3,(H,13,16);1H4. The Morgan fingerprint density at radius 1 is 1.33 bits per heavy atom. The topological polar surface area (TPSA) is 75.6 Å². The maximum absolute atomic E-state index is 11.6. The molecule has 0 aromatic heterocycles. The summed E-state index contributed by atoms with van der Waals surface area (Å²) in [5, 5.41) is 11.4. The van der Waals surface area contributed by atoms with E-state index in [-0.39, 0.29) is 13.2 Å². The summed E-state index contributed by atoms with van der Waals surface area (Å²) < 4.78 is 5.01. The molecule has 0 aromatic carbocycles. The molecule has 0 aromatic rings. The van der Waals surface area contributed by atoms with Crippen molar-refractivity contribution in [2.24, 2.45) is 0 Å². The number of ketones is 1. The summed E-state index contributed by atoms with van der Waals surface area (Å²) in [5.41, 5.74) is -0.615. The second-order valence-electron chi connectivity index (χ2n) is 4.95. The van der Waals surface area contributed by atoms with Crippen molar-refractivity contribution >= 4 is 11.9 Å². The van der Waals surface area contributed by atoms with E-state index in [0.717, 1.165) is 12.8 Å². The average molecular weight is 261 g/mol. The zero-order valence-electron chi connectivity index (χ0n) is 11.1. The highest BCUT2D eigenvalue weighted by Crippen LogP contribution is 2.07. The van der Waals surface area contributed by atoms with Crippen molar-refractivity contribution in [1.29, 1.82) is 0 Å². The number of aliphatic hydroxyl groups excluding tert-OH is 1. The molecule has 0 spiro atoms. The lowest BCUT2D eigenvalue weighted by Crippen LogP contribution is -2.45. The molecule has 0 heterocycles. The van der Waals surface area contributed by atoms with Crippen LogP contribution in [0.15, 0.2) is 0 Å². The van der Waals surface area contributed by atoms with Gasteiger partial charge in [-0.05, 0) is 27.2 Å². The molecule has 1 atom stereocenters. The normalized spacial score (nSPS) is 12.3. The maximum Gasteiger partial charge on any atom is 0.408 e. The number of carbonyl (C=O) groups is 2. The summed E-state index contributed by atoms with van der Waals surface area (Å²) in [6.07, 6.45) is 1.33. The van der Waals surface area contributed by atoms with Crippen molar-refractivity contribution in [2.45, 2.75) is 66.0 Å². The molecule has 1 amide bonds. The minimum atomic E-state index is -0.864. The highest BCUT2D eigenvalue weighted by molar-refractivity contribution is 5.87. The number of ether oxygens (including phenoxy) is 1. The lowest BCUT2D eigenvalue weighted by molar-refractivity contribution is -0.122. The van der Waals surface area contributed by atoms with Gasteiger partial charge in [0.05, 0.1) is 6.61 Å². The molecule has 18 heavy (non-hydrogen) atoms. The van der Waals surface area contributed by atoms with Crippen LogP contribution in [0.5, 0.6) is 0 Å². The smallest absolute Gasteiger partial charge is 0.408 e. The average Bonchev–Trinajstić information content (AvgIpc) is 2.19. The number of hydrogen-bond donors (Lipinski definition) is 2. The van der Waals surface area contributed by atoms with Gasteiger partial charge in [0.2, 0.25) is 0 Å². The summed E-state index contributed by atoms with van der Waals surface area (Å²) in [4.78, 5) is 23.0. The Morgan fingerprint density at radius 3 is 2.28 bits per heavy atom. The molecule has 0 fully saturated rings. The SMILES string of the molecule is C.CCCCC(=O)C(CO)NC(=O)OC(C)(C)C. The zero-order chi connectivity index (χ0) is 13.5. The van der Waals surface area contributed by atoms with Gasteiger partial charge in [0.15, 0.2) is 5.78 Å². The summed E-state index contributed by atoms with van der Waals surface area (Å²) in [7, 11) is 0. The van der Waals surface area contributed by atoms with E-state index < -0.39 is 24.3 Å². The number of aliphatic hydroxyl groups is 1. The van der Waals surface area contributed by atoms with Crippen LogP contribution in [0.4, 0.5) is 4.79 Å². The molecule has 0 aliphatic heterocycles. The van der Waals surface area contributed by atoms with Crippen LogP contribution in [0.2, 0.25) is 0 Å². The van der Waals surface area contributed by atoms with Crippen LogP contribution in [0.3, 0.4) is 0 Å². The van der Waals surface area contributed by atoms with Crippen LogP contribution in [-0.4, -0.2) is 35.2 Å². The van der Waals surface area contributed by atoms with Crippen molar-refractivity contribution < 1.29 is 19.4 Å². The number of amides is 1. The first-order chi connectivity index (χ1) is 7.80. The monoisotopic (exact) mass is 261 g/mol. The molecule has 0 rings (SSSR count). The Kier molecular flexibility index (Phi) is 9.53. The van der Waals surface area contributed by atoms with E-state index in [4.69, 9.17) is 9.84 Å². The molecule has 5 heteroatoms. The van der Waals surface area contributed by atoms with Gasteiger partial charge in [-0.25, -0.2) is 4.79 Å². The molecule has 0 saturated heterocycles. The van der Waals surface area contributed by atoms with Crippen LogP contribution in [-0.2, 0) is 9.53 Å². The van der Waals surface area contributed by atoms with Gasteiger partial charge in [0.1, 0.15) is 11.6 Å². The highest BCUT2D eigenvalue weighted by atomic mass is 16.6. The van der Waals surface area contributed by atoms with Crippen LogP contribution in [0.1, 0.15) is 54.4 Å². The van der Waals surface area contributed by atoms with Gasteiger partial charge in [-0.3, -0.25) is 4.79 Å². The molecule has 108 valence electrons. The molecule has 0 saturated carbocycles. The molecule has 1 unspecified atom stereocenters. The first-order valence-electron chi connectivity index (χ1n) is 5.93. The van der Waals surface area contributed by atoms with E-state index in [1.54, 1.807) is 20.8 Å². The first kappa shape index (κ1) is 19.2. The van der Waals surface area contributed by atoms with Crippen LogP contribution in [0, 0.1) is 0 Å². The summed E-state index contributed by atoms with van der Waals surface area (Å²) in [5.74, 6) is -0.166. The Balaban J connectivity index is 0. The summed E-state index contributed by atoms with van der Waals surface area (Å²) in [6, 6.07) is -0.864. The Morgan fingerprint density at radius 2 is 1.89 bits per heavy atom. The summed E-state index contributed by atoms with van der Waals surface area (Å²) in [6.45, 7) is 6.78. The van der Waals surface area contributed by atoms with Crippen molar-refractivity contribution in [2.75, 3.05) is 6.61 Å². The van der Waals surface area contributed by atoms with Gasteiger partial charge in [0, 0.05) is 6.42 Å². The fraction of sp³-hybridized carbons (Fsp3) is 0.846. The van der Waals surface area contributed by atoms with Crippen LogP contribution in [0.25, 0.3) is 0 Å². The maximum atomic E-state index is 11.6. The molecule has 0 aliphatic carbocycles. The van der Waals surface area contributed by atoms with Gasteiger partial charge in [-0.2, -0.15) is 0 Å². The number of Topliss-reactive ketones (excluding diaryl/α,β-unsaturated/α-hetero) is 1. The van der Waals surface area contributed by atoms with Gasteiger partial charge in [-0.1, -0.05) is 20.8 Å². The van der Waals surface area contributed by atoms with Crippen molar-refractivity contribution in [1.82, 2.24) is 5.32 Å². The second kappa shape index (κ2) is 8.91. The predicted molar refractivity (Wildman–Crippen MR) is 71.5 cm³/mol. The van der Waals surface area contributed by atoms with Gasteiger partial charge >= 0.3 is 6.09 Å². The lowest BCUT2D eigenvalue weighted by atomic mass is 10.1. The number of rotatable bonds is 6. The van der Waals surface area contributed by atoms with E-state index in [0.29, 0.717) is 6.42 Å². The number of nitrogens with one attached hydrogen (secondary N) is 1. The van der Waals surface area contributed by atoms with Gasteiger partial charge in [0.25, 0.3) is 0 Å². The highest BCUT2D eigenvalue weighted by Gasteiger charge is 2.22. The molecule has 0 radical (unpaired) electrons. The number of carbonyl (C=O) groups excluding carboxylic acids is 2. The predicted octanol–water partition coefficient (Wildman–Crippen LogP) is 2.27. The van der Waals surface area contributed by atoms with Crippen LogP contribution >= 0.6 is 0 Å². The third-order valence-electron chi connectivity index (χ3n) is 2.04. The first-order valence-corrected chi connectivity index (χ1v) is 5.93. The Hall–Kier alpha value is -1.10. The van der Waals surface area contributed by atoms with Gasteiger partial charge in [-0.15, -0.1) is 0 Å². The van der Waals surface area contributed by atoms with E-state index in [1.165, 1.54) is 0 Å². The fourth-order valence-corrected chi connectivity index (χ4v) is 1.20. The molecular weight excluding hydrogens is 234 g/mol. The number of unbranched alkanes of at least 4 members (excludes halogenated alkanes) is 1. The molecule has 5 nitrogen and oxygen atoms in total. The minimum Gasteiger partial charge on any atom is -0.444 e. The molecule has 0 bridgehead atoms. The van der Waals surface area contributed by atoms with E-state index >= 15 is 0 Å². The quantitative estimate of drug-likeness (QED) is 0.769. The minimum absolute atomic E-state index is 0. The van der Waals surface area contributed by atoms with E-state index in [9.17, 15) is 9.59 Å². The number of hydrogen-bond acceptors (Lipinski definition) is 4. The van der Waals surface area contributed by atoms with E-state index in [1.807, 2.05) is 6.92 Å².